The van der Waals surface area contributed by atoms with Crippen molar-refractivity contribution < 1.29 is 4.79 Å². The smallest absolute Gasteiger partial charge is 0.232 e. The Kier molecular flexibility index (Phi) is 7.08. The third-order valence-electron chi connectivity index (χ3n) is 4.93. The Morgan fingerprint density at radius 3 is 2.68 bits per heavy atom. The van der Waals surface area contributed by atoms with Gasteiger partial charge in [0.1, 0.15) is 5.82 Å². The highest BCUT2D eigenvalue weighted by Crippen LogP contribution is 2.24. The number of amides is 1. The van der Waals surface area contributed by atoms with E-state index in [1.807, 2.05) is 31.2 Å². The molecule has 0 radical (unpaired) electrons. The molecule has 1 fully saturated rings. The van der Waals surface area contributed by atoms with Crippen LogP contribution in [0.15, 0.2) is 24.3 Å². The van der Waals surface area contributed by atoms with Gasteiger partial charge in [0.25, 0.3) is 0 Å². The van der Waals surface area contributed by atoms with Crippen LogP contribution in [0.3, 0.4) is 0 Å². The van der Waals surface area contributed by atoms with Crippen LogP contribution in [-0.4, -0.2) is 32.7 Å². The van der Waals surface area contributed by atoms with Crippen LogP contribution in [0.25, 0.3) is 0 Å². The van der Waals surface area contributed by atoms with Crippen molar-refractivity contribution >= 4 is 35.3 Å². The van der Waals surface area contributed by atoms with Crippen LogP contribution >= 0.6 is 11.8 Å². The summed E-state index contributed by atoms with van der Waals surface area (Å²) in [5.41, 5.74) is 7.88. The summed E-state index contributed by atoms with van der Waals surface area (Å²) in [5, 5.41) is 6.30. The number of rotatable bonds is 7. The van der Waals surface area contributed by atoms with Gasteiger partial charge in [-0.05, 0) is 37.8 Å². The van der Waals surface area contributed by atoms with E-state index >= 15 is 0 Å². The molecule has 0 unspecified atom stereocenters. The number of nitrogens with two attached hydrogens (primary N) is 1. The van der Waals surface area contributed by atoms with Crippen molar-refractivity contribution in [1.29, 1.82) is 0 Å². The van der Waals surface area contributed by atoms with Gasteiger partial charge < -0.3 is 16.4 Å². The Bertz CT molecular complexity index is 798. The summed E-state index contributed by atoms with van der Waals surface area (Å²) >= 11 is 1.48. The van der Waals surface area contributed by atoms with Gasteiger partial charge >= 0.3 is 0 Å². The number of nitrogens with zero attached hydrogens (tertiary/aromatic N) is 3. The molecule has 0 saturated heterocycles. The molecule has 4 N–H and O–H groups in total. The predicted octanol–water partition coefficient (Wildman–Crippen LogP) is 3.43. The zero-order valence-electron chi connectivity index (χ0n) is 16.4. The molecule has 2 aromatic rings. The van der Waals surface area contributed by atoms with Crippen molar-refractivity contribution in [3.63, 3.8) is 0 Å². The van der Waals surface area contributed by atoms with E-state index in [0.29, 0.717) is 35.2 Å². The average Bonchev–Trinajstić information content (AvgIpc) is 2.65. The molecule has 0 bridgehead atoms. The molecule has 1 aromatic heterocycles. The number of thioether (sulfide) groups is 1. The van der Waals surface area contributed by atoms with Gasteiger partial charge in [0.05, 0.1) is 11.5 Å². The quantitative estimate of drug-likeness (QED) is 0.654. The van der Waals surface area contributed by atoms with E-state index in [2.05, 4.69) is 32.5 Å². The minimum absolute atomic E-state index is 0.0729. The number of benzene rings is 1. The molecule has 150 valence electrons. The lowest BCUT2D eigenvalue weighted by Gasteiger charge is -2.29. The van der Waals surface area contributed by atoms with Gasteiger partial charge in [0, 0.05) is 11.7 Å². The fourth-order valence-corrected chi connectivity index (χ4v) is 4.02. The van der Waals surface area contributed by atoms with Crippen LogP contribution in [0.5, 0.6) is 0 Å². The van der Waals surface area contributed by atoms with Gasteiger partial charge in [-0.25, -0.2) is 0 Å². The molecule has 1 aliphatic carbocycles. The number of carbonyl (C=O) groups excluding carboxylic acids is 1. The Balaban J connectivity index is 1.50. The highest BCUT2D eigenvalue weighted by Gasteiger charge is 2.22. The topological polar surface area (TPSA) is 106 Å². The highest BCUT2D eigenvalue weighted by atomic mass is 32.2. The monoisotopic (exact) mass is 400 g/mol. The highest BCUT2D eigenvalue weighted by molar-refractivity contribution is 7.99. The number of nitrogens with one attached hydrogen (secondary N) is 2. The summed E-state index contributed by atoms with van der Waals surface area (Å²) in [6, 6.07) is 8.24. The lowest BCUT2D eigenvalue weighted by molar-refractivity contribution is -0.119. The first kappa shape index (κ1) is 20.4. The van der Waals surface area contributed by atoms with Gasteiger partial charge in [-0.1, -0.05) is 37.5 Å². The molecule has 1 saturated carbocycles. The summed E-state index contributed by atoms with van der Waals surface area (Å²) < 4.78 is 0. The standard InChI is InChI=1S/C20H28N6OS/c1-13-7-9-15(10-8-13)22-20-25-17(24-19(21)26-20)11-28-12-18(27)23-16-6-4-3-5-14(16)2/h7-10,14,16H,3-6,11-12H2,1-2H3,(H,23,27)(H3,21,22,24,25,26)/t14-,16-/m0/s1. The van der Waals surface area contributed by atoms with Gasteiger partial charge in [0.2, 0.25) is 17.8 Å². The molecule has 2 atom stereocenters. The van der Waals surface area contributed by atoms with Crippen LogP contribution in [0.4, 0.5) is 17.6 Å². The molecular weight excluding hydrogens is 372 g/mol. The fraction of sp³-hybridized carbons (Fsp3) is 0.500. The number of aromatic nitrogens is 3. The van der Waals surface area contributed by atoms with E-state index in [1.165, 1.54) is 36.6 Å². The number of hydrogen-bond donors (Lipinski definition) is 3. The van der Waals surface area contributed by atoms with Crippen LogP contribution in [0.2, 0.25) is 0 Å². The summed E-state index contributed by atoms with van der Waals surface area (Å²) in [4.78, 5) is 25.0. The van der Waals surface area contributed by atoms with Crippen molar-refractivity contribution in [2.24, 2.45) is 5.92 Å². The van der Waals surface area contributed by atoms with Gasteiger partial charge in [0.15, 0.2) is 0 Å². The van der Waals surface area contributed by atoms with Crippen molar-refractivity contribution in [3.8, 4) is 0 Å². The molecule has 1 amide bonds. The Hall–Kier alpha value is -2.35. The average molecular weight is 401 g/mol. The van der Waals surface area contributed by atoms with Crippen LogP contribution < -0.4 is 16.4 Å². The van der Waals surface area contributed by atoms with Crippen molar-refractivity contribution in [1.82, 2.24) is 20.3 Å². The van der Waals surface area contributed by atoms with Gasteiger partial charge in [-0.15, -0.1) is 11.8 Å². The molecule has 3 rings (SSSR count). The Morgan fingerprint density at radius 2 is 1.93 bits per heavy atom. The second kappa shape index (κ2) is 9.73. The minimum atomic E-state index is 0.0729. The third-order valence-corrected chi connectivity index (χ3v) is 5.86. The Morgan fingerprint density at radius 1 is 1.18 bits per heavy atom. The number of aryl methyl sites for hydroxylation is 1. The molecule has 8 heteroatoms. The Labute approximate surface area is 170 Å². The second-order valence-electron chi connectivity index (χ2n) is 7.35. The summed E-state index contributed by atoms with van der Waals surface area (Å²) in [7, 11) is 0. The number of anilines is 3. The number of carbonyl (C=O) groups is 1. The molecule has 1 heterocycles. The molecule has 0 aliphatic heterocycles. The molecular formula is C20H28N6OS. The van der Waals surface area contributed by atoms with E-state index in [0.717, 1.165) is 12.1 Å². The van der Waals surface area contributed by atoms with E-state index in [4.69, 9.17) is 5.73 Å². The van der Waals surface area contributed by atoms with Crippen LogP contribution in [0.1, 0.15) is 44.0 Å². The molecule has 28 heavy (non-hydrogen) atoms. The summed E-state index contributed by atoms with van der Waals surface area (Å²) in [6.45, 7) is 4.25. The van der Waals surface area contributed by atoms with E-state index in [1.54, 1.807) is 0 Å². The first-order chi connectivity index (χ1) is 13.5. The maximum atomic E-state index is 12.2. The maximum absolute atomic E-state index is 12.2. The second-order valence-corrected chi connectivity index (χ2v) is 8.34. The normalized spacial score (nSPS) is 19.2. The number of hydrogen-bond acceptors (Lipinski definition) is 7. The van der Waals surface area contributed by atoms with Crippen LogP contribution in [0, 0.1) is 12.8 Å². The molecule has 1 aliphatic rings. The fourth-order valence-electron chi connectivity index (χ4n) is 3.34. The zero-order valence-corrected chi connectivity index (χ0v) is 17.3. The zero-order chi connectivity index (χ0) is 19.9. The van der Waals surface area contributed by atoms with Crippen molar-refractivity contribution in [3.05, 3.63) is 35.7 Å². The summed E-state index contributed by atoms with van der Waals surface area (Å²) in [5.74, 6) is 2.66. The SMILES string of the molecule is Cc1ccc(Nc2nc(N)nc(CSCC(=O)N[C@H]3CCCC[C@@H]3C)n2)cc1. The van der Waals surface area contributed by atoms with E-state index in [9.17, 15) is 4.79 Å². The van der Waals surface area contributed by atoms with E-state index in [-0.39, 0.29) is 11.9 Å². The molecule has 0 spiro atoms. The largest absolute Gasteiger partial charge is 0.368 e. The minimum Gasteiger partial charge on any atom is -0.368 e. The van der Waals surface area contributed by atoms with E-state index < -0.39 is 0 Å². The van der Waals surface area contributed by atoms with Crippen LogP contribution in [-0.2, 0) is 10.5 Å². The number of nitrogen functional groups attached to an aromatic ring is 1. The van der Waals surface area contributed by atoms with Crippen molar-refractivity contribution in [2.75, 3.05) is 16.8 Å². The van der Waals surface area contributed by atoms with Gasteiger partial charge in [-0.2, -0.15) is 15.0 Å². The lowest BCUT2D eigenvalue weighted by atomic mass is 9.86. The predicted molar refractivity (Wildman–Crippen MR) is 114 cm³/mol. The maximum Gasteiger partial charge on any atom is 0.232 e. The van der Waals surface area contributed by atoms with Crippen molar-refractivity contribution in [2.45, 2.75) is 51.3 Å². The molecule has 7 nitrogen and oxygen atoms in total. The first-order valence-corrected chi connectivity index (χ1v) is 10.9. The summed E-state index contributed by atoms with van der Waals surface area (Å²) in [6.07, 6.45) is 4.74. The molecule has 1 aromatic carbocycles. The first-order valence-electron chi connectivity index (χ1n) is 9.71. The lowest BCUT2D eigenvalue weighted by Crippen LogP contribution is -2.41. The van der Waals surface area contributed by atoms with Gasteiger partial charge in [-0.3, -0.25) is 4.79 Å². The third kappa shape index (κ3) is 6.09.